The van der Waals surface area contributed by atoms with Gasteiger partial charge < -0.3 is 10.1 Å². The van der Waals surface area contributed by atoms with Gasteiger partial charge in [0.25, 0.3) is 5.91 Å². The highest BCUT2D eigenvalue weighted by Crippen LogP contribution is 2.22. The third-order valence-corrected chi connectivity index (χ3v) is 4.98. The van der Waals surface area contributed by atoms with Gasteiger partial charge in [-0.15, -0.1) is 11.3 Å². The molecule has 3 aromatic rings. The second-order valence-corrected chi connectivity index (χ2v) is 7.32. The summed E-state index contributed by atoms with van der Waals surface area (Å²) in [6.45, 7) is 4.32. The number of carbonyl (C=O) groups excluding carboxylic acids is 1. The van der Waals surface area contributed by atoms with Gasteiger partial charge in [-0.3, -0.25) is 4.79 Å². The van der Waals surface area contributed by atoms with Crippen molar-refractivity contribution in [3.05, 3.63) is 81.5 Å². The number of carbonyl (C=O) groups is 1. The van der Waals surface area contributed by atoms with Crippen molar-refractivity contribution in [2.75, 3.05) is 5.32 Å². The van der Waals surface area contributed by atoms with Crippen molar-refractivity contribution in [2.24, 2.45) is 0 Å². The summed E-state index contributed by atoms with van der Waals surface area (Å²) in [5.41, 5.74) is 2.67. The zero-order chi connectivity index (χ0) is 19.4. The van der Waals surface area contributed by atoms with Gasteiger partial charge in [0.05, 0.1) is 4.88 Å². The maximum atomic E-state index is 13.6. The van der Waals surface area contributed by atoms with Crippen LogP contribution in [0.1, 0.15) is 40.6 Å². The molecular weight excluding hydrogens is 368 g/mol. The molecule has 0 saturated heterocycles. The molecule has 1 aromatic heterocycles. The first-order chi connectivity index (χ1) is 12.9. The molecule has 3 nitrogen and oxygen atoms in total. The van der Waals surface area contributed by atoms with Crippen LogP contribution in [0.4, 0.5) is 14.5 Å². The summed E-state index contributed by atoms with van der Waals surface area (Å²) in [6.07, 6.45) is 0. The highest BCUT2D eigenvalue weighted by Gasteiger charge is 2.11. The molecule has 0 aliphatic heterocycles. The number of thiophene rings is 1. The summed E-state index contributed by atoms with van der Waals surface area (Å²) in [5.74, 6) is -1.22. The highest BCUT2D eigenvalue weighted by atomic mass is 32.1. The molecule has 0 atom stereocenters. The zero-order valence-electron chi connectivity index (χ0n) is 15.0. The number of hydrogen-bond acceptors (Lipinski definition) is 3. The summed E-state index contributed by atoms with van der Waals surface area (Å²) >= 11 is 1.28. The average Bonchev–Trinajstić information content (AvgIpc) is 3.10. The largest absolute Gasteiger partial charge is 0.486 e. The summed E-state index contributed by atoms with van der Waals surface area (Å²) in [7, 11) is 0. The molecule has 6 heteroatoms. The van der Waals surface area contributed by atoms with Gasteiger partial charge in [-0.25, -0.2) is 8.78 Å². The van der Waals surface area contributed by atoms with Crippen LogP contribution in [0.3, 0.4) is 0 Å². The van der Waals surface area contributed by atoms with Crippen molar-refractivity contribution in [2.45, 2.75) is 26.4 Å². The molecule has 0 spiro atoms. The van der Waals surface area contributed by atoms with Crippen molar-refractivity contribution >= 4 is 22.9 Å². The van der Waals surface area contributed by atoms with E-state index in [0.717, 1.165) is 23.4 Å². The Bertz CT molecular complexity index is 936. The quantitative estimate of drug-likeness (QED) is 0.565. The van der Waals surface area contributed by atoms with Crippen LogP contribution in [-0.4, -0.2) is 5.91 Å². The van der Waals surface area contributed by atoms with Crippen LogP contribution in [-0.2, 0) is 6.61 Å². The van der Waals surface area contributed by atoms with Crippen LogP contribution in [0.15, 0.2) is 53.9 Å². The van der Waals surface area contributed by atoms with E-state index in [2.05, 4.69) is 19.2 Å². The Kier molecular flexibility index (Phi) is 5.86. The summed E-state index contributed by atoms with van der Waals surface area (Å²) in [6, 6.07) is 12.6. The van der Waals surface area contributed by atoms with E-state index in [0.29, 0.717) is 10.8 Å². The van der Waals surface area contributed by atoms with Gasteiger partial charge in [0.2, 0.25) is 0 Å². The minimum atomic E-state index is -0.756. The van der Waals surface area contributed by atoms with E-state index < -0.39 is 11.6 Å². The van der Waals surface area contributed by atoms with E-state index in [1.54, 1.807) is 11.4 Å². The lowest BCUT2D eigenvalue weighted by atomic mass is 10.0. The monoisotopic (exact) mass is 387 g/mol. The minimum Gasteiger partial charge on any atom is -0.486 e. The molecule has 0 bridgehead atoms. The number of benzene rings is 2. The van der Waals surface area contributed by atoms with E-state index in [4.69, 9.17) is 4.74 Å². The second-order valence-electron chi connectivity index (χ2n) is 6.41. The maximum absolute atomic E-state index is 13.6. The fourth-order valence-electron chi connectivity index (χ4n) is 2.47. The molecule has 0 fully saturated rings. The average molecular weight is 387 g/mol. The van der Waals surface area contributed by atoms with Gasteiger partial charge in [-0.2, -0.15) is 0 Å². The Morgan fingerprint density at radius 3 is 2.52 bits per heavy atom. The van der Waals surface area contributed by atoms with Gasteiger partial charge in [-0.1, -0.05) is 26.0 Å². The van der Waals surface area contributed by atoms with Gasteiger partial charge >= 0.3 is 0 Å². The molecule has 27 heavy (non-hydrogen) atoms. The van der Waals surface area contributed by atoms with E-state index >= 15 is 0 Å². The summed E-state index contributed by atoms with van der Waals surface area (Å²) in [4.78, 5) is 12.9. The third-order valence-electron chi connectivity index (χ3n) is 4.00. The Balaban J connectivity index is 1.60. The van der Waals surface area contributed by atoms with E-state index in [1.807, 2.05) is 24.3 Å². The molecule has 3 rings (SSSR count). The van der Waals surface area contributed by atoms with Crippen LogP contribution >= 0.6 is 11.3 Å². The normalized spacial score (nSPS) is 10.9. The van der Waals surface area contributed by atoms with Crippen molar-refractivity contribution in [3.8, 4) is 5.75 Å². The SMILES string of the molecule is CC(C)c1ccc(NC(=O)c2cc(COc3ccc(F)cc3F)cs2)cc1. The van der Waals surface area contributed by atoms with E-state index in [9.17, 15) is 13.6 Å². The van der Waals surface area contributed by atoms with Crippen LogP contribution in [0.2, 0.25) is 0 Å². The number of ether oxygens (including phenoxy) is 1. The van der Waals surface area contributed by atoms with E-state index in [-0.39, 0.29) is 18.3 Å². The number of halogens is 2. The molecule has 0 saturated carbocycles. The molecule has 0 unspecified atom stereocenters. The minimum absolute atomic E-state index is 0.0288. The molecule has 0 aliphatic rings. The topological polar surface area (TPSA) is 38.3 Å². The zero-order valence-corrected chi connectivity index (χ0v) is 15.8. The first-order valence-corrected chi connectivity index (χ1v) is 9.37. The Morgan fingerprint density at radius 2 is 1.85 bits per heavy atom. The number of nitrogens with one attached hydrogen (secondary N) is 1. The summed E-state index contributed by atoms with van der Waals surface area (Å²) in [5, 5.41) is 4.63. The lowest BCUT2D eigenvalue weighted by molar-refractivity contribution is 0.103. The highest BCUT2D eigenvalue weighted by molar-refractivity contribution is 7.12. The molecule has 1 N–H and O–H groups in total. The second kappa shape index (κ2) is 8.31. The Labute approximate surface area is 160 Å². The fourth-order valence-corrected chi connectivity index (χ4v) is 3.26. The first kappa shape index (κ1) is 19.0. The Hall–Kier alpha value is -2.73. The summed E-state index contributed by atoms with van der Waals surface area (Å²) < 4.78 is 31.8. The van der Waals surface area contributed by atoms with Crippen LogP contribution in [0, 0.1) is 11.6 Å². The number of amides is 1. The van der Waals surface area contributed by atoms with Crippen LogP contribution in [0.25, 0.3) is 0 Å². The van der Waals surface area contributed by atoms with Crippen molar-refractivity contribution in [3.63, 3.8) is 0 Å². The predicted molar refractivity (Wildman–Crippen MR) is 103 cm³/mol. The van der Waals surface area contributed by atoms with Crippen molar-refractivity contribution in [1.29, 1.82) is 0 Å². The first-order valence-electron chi connectivity index (χ1n) is 8.49. The molecular formula is C21H19F2NO2S. The standard InChI is InChI=1S/C21H19F2NO2S/c1-13(2)15-3-6-17(7-4-15)24-21(25)20-9-14(12-27-20)11-26-19-8-5-16(22)10-18(19)23/h3-10,12-13H,11H2,1-2H3,(H,24,25). The maximum Gasteiger partial charge on any atom is 0.265 e. The van der Waals surface area contributed by atoms with Crippen LogP contribution in [0.5, 0.6) is 5.75 Å². The smallest absolute Gasteiger partial charge is 0.265 e. The van der Waals surface area contributed by atoms with Crippen molar-refractivity contribution < 1.29 is 18.3 Å². The molecule has 140 valence electrons. The van der Waals surface area contributed by atoms with E-state index in [1.165, 1.54) is 23.0 Å². The van der Waals surface area contributed by atoms with Gasteiger partial charge in [-0.05, 0) is 47.2 Å². The number of hydrogen-bond donors (Lipinski definition) is 1. The lowest BCUT2D eigenvalue weighted by Gasteiger charge is -2.07. The Morgan fingerprint density at radius 1 is 1.11 bits per heavy atom. The molecule has 0 radical (unpaired) electrons. The number of rotatable bonds is 6. The molecule has 1 amide bonds. The lowest BCUT2D eigenvalue weighted by Crippen LogP contribution is -2.10. The molecule has 0 aliphatic carbocycles. The molecule has 1 heterocycles. The number of anilines is 1. The van der Waals surface area contributed by atoms with Crippen LogP contribution < -0.4 is 10.1 Å². The third kappa shape index (κ3) is 4.92. The predicted octanol–water partition coefficient (Wildman–Crippen LogP) is 5.98. The van der Waals surface area contributed by atoms with Crippen molar-refractivity contribution in [1.82, 2.24) is 0 Å². The van der Waals surface area contributed by atoms with Gasteiger partial charge in [0.15, 0.2) is 11.6 Å². The molecule has 2 aromatic carbocycles. The fraction of sp³-hybridized carbons (Fsp3) is 0.190. The van der Waals surface area contributed by atoms with Gasteiger partial charge in [0.1, 0.15) is 12.4 Å². The van der Waals surface area contributed by atoms with Gasteiger partial charge in [0, 0.05) is 17.3 Å².